The van der Waals surface area contributed by atoms with Gasteiger partial charge in [-0.25, -0.2) is 0 Å². The Morgan fingerprint density at radius 3 is 2.19 bits per heavy atom. The van der Waals surface area contributed by atoms with Crippen molar-refractivity contribution in [1.29, 1.82) is 0 Å². The molecular weight excluding hydrogens is 467 g/mol. The van der Waals surface area contributed by atoms with Gasteiger partial charge in [0.05, 0.1) is 11.0 Å². The molecule has 4 rings (SSSR count). The summed E-state index contributed by atoms with van der Waals surface area (Å²) in [4.78, 5) is 25.8. The highest BCUT2D eigenvalue weighted by Gasteiger charge is 2.36. The van der Waals surface area contributed by atoms with Gasteiger partial charge in [0.2, 0.25) is 0 Å². The minimum Gasteiger partial charge on any atom is -0.481 e. The molecule has 0 atom stereocenters. The van der Waals surface area contributed by atoms with Crippen LogP contribution in [-0.2, 0) is 23.9 Å². The van der Waals surface area contributed by atoms with Crippen molar-refractivity contribution in [1.82, 2.24) is 4.57 Å². The predicted octanol–water partition coefficient (Wildman–Crippen LogP) is 7.47. The molecule has 192 valence electrons. The number of Topliss-reactive ketones (excluding diaryl/α,β-unsaturated/α-hetero) is 1. The largest absolute Gasteiger partial charge is 0.481 e. The van der Waals surface area contributed by atoms with E-state index < -0.39 is 23.1 Å². The van der Waals surface area contributed by atoms with Gasteiger partial charge in [0.15, 0.2) is 5.78 Å². The first-order valence-corrected chi connectivity index (χ1v) is 12.4. The highest BCUT2D eigenvalue weighted by atomic mass is 19.4. The molecule has 0 radical (unpaired) electrons. The van der Waals surface area contributed by atoms with Gasteiger partial charge in [-0.05, 0) is 68.0 Å². The second kappa shape index (κ2) is 9.41. The molecule has 7 heteroatoms. The molecule has 1 N–H and O–H groups in total. The second-order valence-corrected chi connectivity index (χ2v) is 10.9. The van der Waals surface area contributed by atoms with Crippen LogP contribution in [0, 0.1) is 11.3 Å². The summed E-state index contributed by atoms with van der Waals surface area (Å²) in [5.74, 6) is -0.781. The van der Waals surface area contributed by atoms with Gasteiger partial charge in [0.25, 0.3) is 0 Å². The number of carbonyl (C=O) groups is 2. The number of carbonyl (C=O) groups excluding carboxylic acids is 1. The van der Waals surface area contributed by atoms with Crippen LogP contribution in [0.25, 0.3) is 10.9 Å². The van der Waals surface area contributed by atoms with E-state index in [2.05, 4.69) is 13.8 Å². The van der Waals surface area contributed by atoms with E-state index in [-0.39, 0.29) is 30.6 Å². The third-order valence-electron chi connectivity index (χ3n) is 7.39. The van der Waals surface area contributed by atoms with E-state index in [1.165, 1.54) is 12.1 Å². The molecule has 0 aliphatic heterocycles. The quantitative estimate of drug-likeness (QED) is 0.327. The number of rotatable bonds is 8. The van der Waals surface area contributed by atoms with Crippen molar-refractivity contribution in [2.75, 3.05) is 0 Å². The summed E-state index contributed by atoms with van der Waals surface area (Å²) in [5.41, 5.74) is 1.85. The first-order chi connectivity index (χ1) is 16.8. The zero-order valence-electron chi connectivity index (χ0n) is 21.1. The third-order valence-corrected chi connectivity index (χ3v) is 7.39. The Labute approximate surface area is 209 Å². The van der Waals surface area contributed by atoms with Crippen LogP contribution < -0.4 is 0 Å². The molecule has 0 unspecified atom stereocenters. The molecule has 36 heavy (non-hydrogen) atoms. The Morgan fingerprint density at radius 1 is 1.06 bits per heavy atom. The van der Waals surface area contributed by atoms with E-state index in [0.717, 1.165) is 47.9 Å². The standard InChI is InChI=1S/C29H32F3NO3/c1-17(2)20-10-13-23-22(14-20)25(26(34)19-6-5-7-19)24(15-28(3,4)27(35)36)33(23)16-18-8-11-21(12-9-18)29(30,31)32/h8-14,17,19H,5-7,15-16H2,1-4H3,(H,35,36). The predicted molar refractivity (Wildman–Crippen MR) is 133 cm³/mol. The third kappa shape index (κ3) is 4.93. The summed E-state index contributed by atoms with van der Waals surface area (Å²) in [5, 5.41) is 10.7. The van der Waals surface area contributed by atoms with Crippen molar-refractivity contribution in [2.45, 2.75) is 72.0 Å². The van der Waals surface area contributed by atoms with Gasteiger partial charge >= 0.3 is 12.1 Å². The monoisotopic (exact) mass is 499 g/mol. The Morgan fingerprint density at radius 2 is 1.69 bits per heavy atom. The molecule has 0 bridgehead atoms. The maximum absolute atomic E-state index is 13.7. The highest BCUT2D eigenvalue weighted by Crippen LogP contribution is 2.39. The van der Waals surface area contributed by atoms with Crippen LogP contribution in [0.15, 0.2) is 42.5 Å². The lowest BCUT2D eigenvalue weighted by Crippen LogP contribution is -2.29. The van der Waals surface area contributed by atoms with Crippen molar-refractivity contribution < 1.29 is 27.9 Å². The Bertz CT molecular complexity index is 1300. The van der Waals surface area contributed by atoms with Crippen molar-refractivity contribution >= 4 is 22.7 Å². The van der Waals surface area contributed by atoms with E-state index in [4.69, 9.17) is 0 Å². The number of aromatic nitrogens is 1. The molecule has 1 fully saturated rings. The number of aliphatic carboxylic acids is 1. The minimum atomic E-state index is -4.43. The van der Waals surface area contributed by atoms with E-state index in [9.17, 15) is 27.9 Å². The molecule has 2 aromatic carbocycles. The molecule has 0 saturated heterocycles. The summed E-state index contributed by atoms with van der Waals surface area (Å²) in [7, 11) is 0. The van der Waals surface area contributed by atoms with Crippen molar-refractivity contribution in [3.63, 3.8) is 0 Å². The fraction of sp³-hybridized carbons (Fsp3) is 0.448. The van der Waals surface area contributed by atoms with E-state index in [1.54, 1.807) is 13.8 Å². The number of alkyl halides is 3. The second-order valence-electron chi connectivity index (χ2n) is 10.9. The molecule has 0 spiro atoms. The zero-order valence-corrected chi connectivity index (χ0v) is 21.1. The van der Waals surface area contributed by atoms with Gasteiger partial charge in [-0.2, -0.15) is 13.2 Å². The van der Waals surface area contributed by atoms with Crippen LogP contribution in [0.2, 0.25) is 0 Å². The number of carboxylic acids is 1. The number of hydrogen-bond donors (Lipinski definition) is 1. The summed E-state index contributed by atoms with van der Waals surface area (Å²) in [6.45, 7) is 7.64. The molecule has 1 aliphatic rings. The Kier molecular flexibility index (Phi) is 6.80. The number of carboxylic acid groups (broad SMARTS) is 1. The van der Waals surface area contributed by atoms with Gasteiger partial charge in [-0.3, -0.25) is 9.59 Å². The number of benzene rings is 2. The van der Waals surface area contributed by atoms with Crippen molar-refractivity contribution in [3.05, 3.63) is 70.4 Å². The van der Waals surface area contributed by atoms with Gasteiger partial charge in [-0.1, -0.05) is 38.5 Å². The lowest BCUT2D eigenvalue weighted by molar-refractivity contribution is -0.146. The maximum Gasteiger partial charge on any atom is 0.416 e. The van der Waals surface area contributed by atoms with Gasteiger partial charge in [0.1, 0.15) is 0 Å². The van der Waals surface area contributed by atoms with Gasteiger partial charge in [0, 0.05) is 41.0 Å². The summed E-state index contributed by atoms with van der Waals surface area (Å²) >= 11 is 0. The number of fused-ring (bicyclic) bond motifs is 1. The van der Waals surface area contributed by atoms with Crippen molar-refractivity contribution in [2.24, 2.45) is 11.3 Å². The minimum absolute atomic E-state index is 0.0366. The van der Waals surface area contributed by atoms with Crippen LogP contribution in [0.3, 0.4) is 0 Å². The molecule has 1 aromatic heterocycles. The fourth-order valence-electron chi connectivity index (χ4n) is 4.77. The maximum atomic E-state index is 13.7. The molecule has 3 aromatic rings. The van der Waals surface area contributed by atoms with Crippen LogP contribution in [0.5, 0.6) is 0 Å². The SMILES string of the molecule is CC(C)c1ccc2c(c1)c(C(=O)C1CCC1)c(CC(C)(C)C(=O)O)n2Cc1ccc(C(F)(F)F)cc1. The Balaban J connectivity index is 1.92. The van der Waals surface area contributed by atoms with Crippen LogP contribution in [-0.4, -0.2) is 21.4 Å². The number of ketones is 1. The van der Waals surface area contributed by atoms with E-state index in [1.807, 2.05) is 22.8 Å². The van der Waals surface area contributed by atoms with Crippen molar-refractivity contribution in [3.8, 4) is 0 Å². The number of hydrogen-bond acceptors (Lipinski definition) is 2. The van der Waals surface area contributed by atoms with E-state index in [0.29, 0.717) is 16.8 Å². The first-order valence-electron chi connectivity index (χ1n) is 12.4. The highest BCUT2D eigenvalue weighted by molar-refractivity contribution is 6.11. The normalized spacial score (nSPS) is 14.9. The van der Waals surface area contributed by atoms with Gasteiger partial charge < -0.3 is 9.67 Å². The first kappa shape index (κ1) is 26.0. The molecular formula is C29H32F3NO3. The van der Waals surface area contributed by atoms with Crippen LogP contribution >= 0.6 is 0 Å². The smallest absolute Gasteiger partial charge is 0.416 e. The van der Waals surface area contributed by atoms with Gasteiger partial charge in [-0.15, -0.1) is 0 Å². The Hall–Kier alpha value is -3.09. The lowest BCUT2D eigenvalue weighted by atomic mass is 9.78. The summed E-state index contributed by atoms with van der Waals surface area (Å²) in [6.07, 6.45) is -1.67. The molecule has 1 aliphatic carbocycles. The van der Waals surface area contributed by atoms with Crippen LogP contribution in [0.4, 0.5) is 13.2 Å². The zero-order chi connectivity index (χ0) is 26.4. The number of halogens is 3. The fourth-order valence-corrected chi connectivity index (χ4v) is 4.77. The summed E-state index contributed by atoms with van der Waals surface area (Å²) < 4.78 is 41.2. The average molecular weight is 500 g/mol. The number of nitrogens with zero attached hydrogens (tertiary/aromatic N) is 1. The molecule has 1 saturated carbocycles. The topological polar surface area (TPSA) is 59.3 Å². The molecule has 1 heterocycles. The lowest BCUT2D eigenvalue weighted by Gasteiger charge is -2.26. The molecule has 0 amide bonds. The average Bonchev–Trinajstić information content (AvgIpc) is 3.03. The van der Waals surface area contributed by atoms with E-state index >= 15 is 0 Å². The molecule has 4 nitrogen and oxygen atoms in total. The van der Waals surface area contributed by atoms with Crippen LogP contribution in [0.1, 0.15) is 85.6 Å². The summed E-state index contributed by atoms with van der Waals surface area (Å²) in [6, 6.07) is 11.0.